The summed E-state index contributed by atoms with van der Waals surface area (Å²) in [7, 11) is 0. The average molecular weight is 303 g/mol. The van der Waals surface area contributed by atoms with Gasteiger partial charge in [0, 0.05) is 37.7 Å². The quantitative estimate of drug-likeness (QED) is 0.783. The molecule has 2 amide bonds. The number of nitrogens with two attached hydrogens (primary N) is 1. The molecule has 0 radical (unpaired) electrons. The molecule has 0 saturated carbocycles. The number of carbonyl (C=O) groups excluding carboxylic acids is 2. The molecule has 120 valence electrons. The molecule has 0 aliphatic carbocycles. The summed E-state index contributed by atoms with van der Waals surface area (Å²) in [5, 5.41) is 2.85. The van der Waals surface area contributed by atoms with Crippen molar-refractivity contribution in [1.82, 2.24) is 10.2 Å². The van der Waals surface area contributed by atoms with Gasteiger partial charge in [0.2, 0.25) is 5.91 Å². The smallest absolute Gasteiger partial charge is 0.251 e. The third kappa shape index (κ3) is 4.56. The Labute approximate surface area is 131 Å². The van der Waals surface area contributed by atoms with Gasteiger partial charge in [-0.1, -0.05) is 18.2 Å². The van der Waals surface area contributed by atoms with E-state index in [-0.39, 0.29) is 17.9 Å². The third-order valence-electron chi connectivity index (χ3n) is 4.11. The standard InChI is InChI=1S/C17H25N3O2/c18-13-15-9-4-5-12-20(15)16(21)10-6-11-19-17(22)14-7-2-1-3-8-14/h1-3,7-8,15H,4-6,9-13,18H2,(H,19,22). The second-order valence-corrected chi connectivity index (χ2v) is 5.70. The van der Waals surface area contributed by atoms with Gasteiger partial charge in [0.25, 0.3) is 5.91 Å². The zero-order chi connectivity index (χ0) is 15.8. The highest BCUT2D eigenvalue weighted by Gasteiger charge is 2.24. The molecule has 0 spiro atoms. The van der Waals surface area contributed by atoms with Crippen LogP contribution in [0.4, 0.5) is 0 Å². The minimum atomic E-state index is -0.0918. The lowest BCUT2D eigenvalue weighted by Crippen LogP contribution is -2.47. The molecule has 1 aliphatic heterocycles. The lowest BCUT2D eigenvalue weighted by atomic mass is 10.0. The van der Waals surface area contributed by atoms with Crippen molar-refractivity contribution in [3.8, 4) is 0 Å². The fourth-order valence-electron chi connectivity index (χ4n) is 2.85. The van der Waals surface area contributed by atoms with Gasteiger partial charge < -0.3 is 16.0 Å². The van der Waals surface area contributed by atoms with Crippen molar-refractivity contribution < 1.29 is 9.59 Å². The number of likely N-dealkylation sites (tertiary alicyclic amines) is 1. The molecule has 1 unspecified atom stereocenters. The van der Waals surface area contributed by atoms with E-state index in [9.17, 15) is 9.59 Å². The molecule has 0 bridgehead atoms. The maximum atomic E-state index is 12.2. The fraction of sp³-hybridized carbons (Fsp3) is 0.529. The number of nitrogens with zero attached hydrogens (tertiary/aromatic N) is 1. The molecular formula is C17H25N3O2. The lowest BCUT2D eigenvalue weighted by Gasteiger charge is -2.35. The molecule has 22 heavy (non-hydrogen) atoms. The molecule has 1 atom stereocenters. The van der Waals surface area contributed by atoms with E-state index >= 15 is 0 Å². The maximum Gasteiger partial charge on any atom is 0.251 e. The summed E-state index contributed by atoms with van der Waals surface area (Å²) in [5.74, 6) is 0.0648. The van der Waals surface area contributed by atoms with E-state index < -0.39 is 0 Å². The molecule has 1 saturated heterocycles. The normalized spacial score (nSPS) is 18.0. The molecule has 1 aromatic rings. The highest BCUT2D eigenvalue weighted by molar-refractivity contribution is 5.94. The monoisotopic (exact) mass is 303 g/mol. The Balaban J connectivity index is 1.70. The molecule has 3 N–H and O–H groups in total. The largest absolute Gasteiger partial charge is 0.352 e. The zero-order valence-corrected chi connectivity index (χ0v) is 13.0. The fourth-order valence-corrected chi connectivity index (χ4v) is 2.85. The van der Waals surface area contributed by atoms with Gasteiger partial charge in [0.05, 0.1) is 0 Å². The van der Waals surface area contributed by atoms with E-state index in [1.807, 2.05) is 23.1 Å². The van der Waals surface area contributed by atoms with Gasteiger partial charge in [-0.3, -0.25) is 9.59 Å². The first-order valence-corrected chi connectivity index (χ1v) is 8.05. The van der Waals surface area contributed by atoms with Gasteiger partial charge in [0.15, 0.2) is 0 Å². The van der Waals surface area contributed by atoms with Crippen molar-refractivity contribution in [2.24, 2.45) is 5.73 Å². The van der Waals surface area contributed by atoms with Gasteiger partial charge in [0.1, 0.15) is 0 Å². The minimum absolute atomic E-state index is 0.0918. The Hall–Kier alpha value is -1.88. The highest BCUT2D eigenvalue weighted by Crippen LogP contribution is 2.17. The van der Waals surface area contributed by atoms with Crippen molar-refractivity contribution in [2.75, 3.05) is 19.6 Å². The van der Waals surface area contributed by atoms with E-state index in [1.165, 1.54) is 0 Å². The Morgan fingerprint density at radius 2 is 2.00 bits per heavy atom. The SMILES string of the molecule is NCC1CCCCN1C(=O)CCCNC(=O)c1ccccc1. The van der Waals surface area contributed by atoms with Gasteiger partial charge in [-0.05, 0) is 37.8 Å². The van der Waals surface area contributed by atoms with E-state index in [1.54, 1.807) is 12.1 Å². The molecule has 2 rings (SSSR count). The van der Waals surface area contributed by atoms with Crippen LogP contribution in [-0.2, 0) is 4.79 Å². The van der Waals surface area contributed by atoms with Crippen molar-refractivity contribution in [3.05, 3.63) is 35.9 Å². The predicted molar refractivity (Wildman–Crippen MR) is 86.4 cm³/mol. The predicted octanol–water partition coefficient (Wildman–Crippen LogP) is 1.54. The van der Waals surface area contributed by atoms with Crippen molar-refractivity contribution in [3.63, 3.8) is 0 Å². The minimum Gasteiger partial charge on any atom is -0.352 e. The molecular weight excluding hydrogens is 278 g/mol. The Bertz CT molecular complexity index is 490. The molecule has 1 fully saturated rings. The first kappa shape index (κ1) is 16.5. The molecule has 1 aliphatic rings. The molecule has 0 aromatic heterocycles. The number of piperidine rings is 1. The summed E-state index contributed by atoms with van der Waals surface area (Å²) in [5.41, 5.74) is 6.39. The Morgan fingerprint density at radius 3 is 2.73 bits per heavy atom. The molecule has 1 heterocycles. The second kappa shape index (κ2) is 8.54. The number of nitrogens with one attached hydrogen (secondary N) is 1. The van der Waals surface area contributed by atoms with Gasteiger partial charge in [-0.15, -0.1) is 0 Å². The number of hydrogen-bond donors (Lipinski definition) is 2. The van der Waals surface area contributed by atoms with Gasteiger partial charge in [-0.25, -0.2) is 0 Å². The number of benzene rings is 1. The van der Waals surface area contributed by atoms with Crippen molar-refractivity contribution in [2.45, 2.75) is 38.1 Å². The van der Waals surface area contributed by atoms with Crippen LogP contribution < -0.4 is 11.1 Å². The van der Waals surface area contributed by atoms with E-state index in [0.717, 1.165) is 25.8 Å². The first-order valence-electron chi connectivity index (χ1n) is 8.05. The second-order valence-electron chi connectivity index (χ2n) is 5.70. The van der Waals surface area contributed by atoms with E-state index in [4.69, 9.17) is 5.73 Å². The number of hydrogen-bond acceptors (Lipinski definition) is 3. The number of amides is 2. The first-order chi connectivity index (χ1) is 10.7. The molecule has 5 heteroatoms. The molecule has 5 nitrogen and oxygen atoms in total. The number of carbonyl (C=O) groups is 2. The van der Waals surface area contributed by atoms with Crippen LogP contribution >= 0.6 is 0 Å². The Morgan fingerprint density at radius 1 is 1.23 bits per heavy atom. The van der Waals surface area contributed by atoms with Crippen LogP contribution in [0, 0.1) is 0 Å². The van der Waals surface area contributed by atoms with Crippen LogP contribution in [0.5, 0.6) is 0 Å². The Kier molecular flexibility index (Phi) is 6.40. The summed E-state index contributed by atoms with van der Waals surface area (Å²) >= 11 is 0. The van der Waals surface area contributed by atoms with Crippen molar-refractivity contribution >= 4 is 11.8 Å². The highest BCUT2D eigenvalue weighted by atomic mass is 16.2. The van der Waals surface area contributed by atoms with Crippen LogP contribution in [0.3, 0.4) is 0 Å². The summed E-state index contributed by atoms with van der Waals surface area (Å²) in [6, 6.07) is 9.30. The maximum absolute atomic E-state index is 12.2. The van der Waals surface area contributed by atoms with Crippen LogP contribution in [-0.4, -0.2) is 42.4 Å². The van der Waals surface area contributed by atoms with Gasteiger partial charge in [-0.2, -0.15) is 0 Å². The molecule has 1 aromatic carbocycles. The average Bonchev–Trinajstić information content (AvgIpc) is 2.59. The summed E-state index contributed by atoms with van der Waals surface area (Å²) in [6.07, 6.45) is 4.34. The van der Waals surface area contributed by atoms with Crippen LogP contribution in [0.2, 0.25) is 0 Å². The number of rotatable bonds is 6. The van der Waals surface area contributed by atoms with Crippen LogP contribution in [0.1, 0.15) is 42.5 Å². The van der Waals surface area contributed by atoms with Gasteiger partial charge >= 0.3 is 0 Å². The van der Waals surface area contributed by atoms with Crippen LogP contribution in [0.25, 0.3) is 0 Å². The summed E-state index contributed by atoms with van der Waals surface area (Å²) < 4.78 is 0. The van der Waals surface area contributed by atoms with E-state index in [2.05, 4.69) is 5.32 Å². The van der Waals surface area contributed by atoms with Crippen LogP contribution in [0.15, 0.2) is 30.3 Å². The summed E-state index contributed by atoms with van der Waals surface area (Å²) in [4.78, 5) is 26.0. The van der Waals surface area contributed by atoms with E-state index in [0.29, 0.717) is 31.5 Å². The lowest BCUT2D eigenvalue weighted by molar-refractivity contribution is -0.134. The summed E-state index contributed by atoms with van der Waals surface area (Å²) in [6.45, 7) is 1.87. The zero-order valence-electron chi connectivity index (χ0n) is 13.0. The van der Waals surface area contributed by atoms with Crippen molar-refractivity contribution in [1.29, 1.82) is 0 Å². The third-order valence-corrected chi connectivity index (χ3v) is 4.11. The topological polar surface area (TPSA) is 75.4 Å².